The van der Waals surface area contributed by atoms with E-state index in [-0.39, 0.29) is 6.04 Å². The van der Waals surface area contributed by atoms with Gasteiger partial charge in [-0.05, 0) is 24.8 Å². The fraction of sp³-hybridized carbons (Fsp3) is 0.538. The van der Waals surface area contributed by atoms with Crippen LogP contribution in [0.3, 0.4) is 0 Å². The zero-order chi connectivity index (χ0) is 11.8. The van der Waals surface area contributed by atoms with Crippen molar-refractivity contribution in [2.24, 2.45) is 5.73 Å². The van der Waals surface area contributed by atoms with Gasteiger partial charge in [0.1, 0.15) is 0 Å². The Bertz CT molecular complexity index is 448. The van der Waals surface area contributed by atoms with E-state index >= 15 is 0 Å². The molecule has 3 nitrogen and oxygen atoms in total. The third-order valence-electron chi connectivity index (χ3n) is 3.44. The first kappa shape index (κ1) is 11.2. The van der Waals surface area contributed by atoms with Crippen molar-refractivity contribution in [1.82, 2.24) is 0 Å². The number of halogens is 1. The Morgan fingerprint density at radius 2 is 2.06 bits per heavy atom. The van der Waals surface area contributed by atoms with Crippen LogP contribution in [0.2, 0.25) is 5.02 Å². The van der Waals surface area contributed by atoms with Gasteiger partial charge in [0.25, 0.3) is 0 Å². The van der Waals surface area contributed by atoms with E-state index in [0.29, 0.717) is 13.2 Å². The van der Waals surface area contributed by atoms with Gasteiger partial charge in [0.15, 0.2) is 11.5 Å². The lowest BCUT2D eigenvalue weighted by Gasteiger charge is -2.26. The molecule has 0 fully saturated rings. The van der Waals surface area contributed by atoms with E-state index < -0.39 is 0 Å². The van der Waals surface area contributed by atoms with Crippen LogP contribution < -0.4 is 15.2 Å². The summed E-state index contributed by atoms with van der Waals surface area (Å²) in [5.74, 6) is 1.58. The lowest BCUT2D eigenvalue weighted by molar-refractivity contribution is 0.295. The number of rotatable bonds is 0. The van der Waals surface area contributed by atoms with Crippen LogP contribution in [0.15, 0.2) is 6.07 Å². The smallest absolute Gasteiger partial charge is 0.166 e. The summed E-state index contributed by atoms with van der Waals surface area (Å²) in [5.41, 5.74) is 8.41. The number of nitrogens with two attached hydrogens (primary N) is 1. The lowest BCUT2D eigenvalue weighted by atomic mass is 9.87. The van der Waals surface area contributed by atoms with Gasteiger partial charge in [0.2, 0.25) is 0 Å². The van der Waals surface area contributed by atoms with E-state index in [4.69, 9.17) is 26.8 Å². The normalized spacial score (nSPS) is 22.8. The van der Waals surface area contributed by atoms with Crippen molar-refractivity contribution >= 4 is 11.6 Å². The van der Waals surface area contributed by atoms with Gasteiger partial charge in [-0.1, -0.05) is 11.6 Å². The average Bonchev–Trinajstić information content (AvgIpc) is 2.55. The van der Waals surface area contributed by atoms with Crippen molar-refractivity contribution in [3.05, 3.63) is 22.2 Å². The molecule has 1 aromatic carbocycles. The summed E-state index contributed by atoms with van der Waals surface area (Å²) >= 11 is 6.31. The Morgan fingerprint density at radius 1 is 1.24 bits per heavy atom. The molecule has 2 aliphatic rings. The molecule has 0 saturated heterocycles. The van der Waals surface area contributed by atoms with Gasteiger partial charge in [-0.2, -0.15) is 0 Å². The highest BCUT2D eigenvalue weighted by Crippen LogP contribution is 2.45. The van der Waals surface area contributed by atoms with Gasteiger partial charge >= 0.3 is 0 Å². The zero-order valence-corrected chi connectivity index (χ0v) is 10.4. The van der Waals surface area contributed by atoms with Crippen molar-refractivity contribution in [1.29, 1.82) is 0 Å². The largest absolute Gasteiger partial charge is 0.489 e. The molecule has 0 saturated carbocycles. The topological polar surface area (TPSA) is 44.5 Å². The first-order chi connectivity index (χ1) is 8.27. The molecule has 0 amide bonds. The predicted molar refractivity (Wildman–Crippen MR) is 66.9 cm³/mol. The summed E-state index contributed by atoms with van der Waals surface area (Å²) in [6.45, 7) is 1.37. The van der Waals surface area contributed by atoms with Crippen LogP contribution in [0.5, 0.6) is 11.5 Å². The van der Waals surface area contributed by atoms with Crippen molar-refractivity contribution in [3.8, 4) is 11.5 Å². The van der Waals surface area contributed by atoms with Crippen LogP contribution in [-0.2, 0) is 6.42 Å². The first-order valence-electron chi connectivity index (χ1n) is 6.14. The highest BCUT2D eigenvalue weighted by molar-refractivity contribution is 6.31. The molecule has 0 unspecified atom stereocenters. The molecule has 4 heteroatoms. The molecule has 92 valence electrons. The molecule has 1 aliphatic heterocycles. The molecule has 1 aliphatic carbocycles. The van der Waals surface area contributed by atoms with E-state index in [0.717, 1.165) is 53.3 Å². The van der Waals surface area contributed by atoms with Crippen LogP contribution in [0, 0.1) is 0 Å². The van der Waals surface area contributed by atoms with Crippen LogP contribution >= 0.6 is 11.6 Å². The third kappa shape index (κ3) is 1.87. The number of benzene rings is 1. The summed E-state index contributed by atoms with van der Waals surface area (Å²) < 4.78 is 11.5. The van der Waals surface area contributed by atoms with Crippen LogP contribution in [0.1, 0.15) is 36.4 Å². The van der Waals surface area contributed by atoms with E-state index in [2.05, 4.69) is 0 Å². The maximum atomic E-state index is 6.31. The fourth-order valence-corrected chi connectivity index (χ4v) is 2.92. The van der Waals surface area contributed by atoms with Crippen LogP contribution in [-0.4, -0.2) is 13.2 Å². The molecule has 2 N–H and O–H groups in total. The second-order valence-corrected chi connectivity index (χ2v) is 5.03. The van der Waals surface area contributed by atoms with Crippen molar-refractivity contribution in [2.75, 3.05) is 13.2 Å². The number of ether oxygens (including phenoxy) is 2. The zero-order valence-electron chi connectivity index (χ0n) is 9.67. The minimum Gasteiger partial charge on any atom is -0.489 e. The highest BCUT2D eigenvalue weighted by atomic mass is 35.5. The lowest BCUT2D eigenvalue weighted by Crippen LogP contribution is -2.19. The molecular formula is C13H16ClNO2. The predicted octanol–water partition coefficient (Wildman–Crippen LogP) is 2.84. The Morgan fingerprint density at radius 3 is 2.94 bits per heavy atom. The summed E-state index contributed by atoms with van der Waals surface area (Å²) in [6, 6.07) is 1.90. The molecule has 0 aromatic heterocycles. The summed E-state index contributed by atoms with van der Waals surface area (Å²) in [4.78, 5) is 0. The van der Waals surface area contributed by atoms with Crippen LogP contribution in [0.25, 0.3) is 0 Å². The van der Waals surface area contributed by atoms with E-state index in [1.807, 2.05) is 6.07 Å². The second kappa shape index (κ2) is 4.39. The van der Waals surface area contributed by atoms with Crippen molar-refractivity contribution in [2.45, 2.75) is 31.7 Å². The molecule has 0 spiro atoms. The Kier molecular flexibility index (Phi) is 2.89. The Hall–Kier alpha value is -0.930. The highest BCUT2D eigenvalue weighted by Gasteiger charge is 2.27. The molecule has 17 heavy (non-hydrogen) atoms. The molecule has 1 atom stereocenters. The van der Waals surface area contributed by atoms with Crippen molar-refractivity contribution < 1.29 is 9.47 Å². The Balaban J connectivity index is 2.18. The van der Waals surface area contributed by atoms with Gasteiger partial charge < -0.3 is 15.2 Å². The Labute approximate surface area is 106 Å². The number of fused-ring (bicyclic) bond motifs is 3. The van der Waals surface area contributed by atoms with Gasteiger partial charge in [-0.25, -0.2) is 0 Å². The standard InChI is InChI=1S/C13H16ClNO2/c14-9-7-11-13(17-6-2-5-16-11)12-8(9)3-1-4-10(12)15/h7,10H,1-6,15H2/t10-/m1/s1. The molecule has 1 aromatic rings. The summed E-state index contributed by atoms with van der Waals surface area (Å²) in [5, 5.41) is 0.763. The number of hydrogen-bond acceptors (Lipinski definition) is 3. The van der Waals surface area contributed by atoms with E-state index in [9.17, 15) is 0 Å². The SMILES string of the molecule is N[C@@H]1CCCc2c(Cl)cc3c(c21)OCCCO3. The first-order valence-corrected chi connectivity index (χ1v) is 6.51. The quantitative estimate of drug-likeness (QED) is 0.773. The molecule has 1 heterocycles. The van der Waals surface area contributed by atoms with Gasteiger partial charge in [-0.15, -0.1) is 0 Å². The minimum absolute atomic E-state index is 0.0212. The average molecular weight is 254 g/mol. The van der Waals surface area contributed by atoms with Gasteiger partial charge in [0, 0.05) is 29.1 Å². The third-order valence-corrected chi connectivity index (χ3v) is 3.78. The maximum absolute atomic E-state index is 6.31. The van der Waals surface area contributed by atoms with Crippen molar-refractivity contribution in [3.63, 3.8) is 0 Å². The van der Waals surface area contributed by atoms with Gasteiger partial charge in [0.05, 0.1) is 13.2 Å². The second-order valence-electron chi connectivity index (χ2n) is 4.63. The molecule has 0 radical (unpaired) electrons. The fourth-order valence-electron chi connectivity index (χ4n) is 2.63. The minimum atomic E-state index is 0.0212. The molecule has 0 bridgehead atoms. The summed E-state index contributed by atoms with van der Waals surface area (Å²) in [7, 11) is 0. The molecule has 3 rings (SSSR count). The molecular weight excluding hydrogens is 238 g/mol. The number of hydrogen-bond donors (Lipinski definition) is 1. The van der Waals surface area contributed by atoms with E-state index in [1.165, 1.54) is 0 Å². The van der Waals surface area contributed by atoms with Crippen LogP contribution in [0.4, 0.5) is 0 Å². The van der Waals surface area contributed by atoms with Gasteiger partial charge in [-0.3, -0.25) is 0 Å². The monoisotopic (exact) mass is 253 g/mol. The summed E-state index contributed by atoms with van der Waals surface area (Å²) in [6.07, 6.45) is 3.96. The van der Waals surface area contributed by atoms with E-state index in [1.54, 1.807) is 0 Å². The maximum Gasteiger partial charge on any atom is 0.166 e.